The van der Waals surface area contributed by atoms with Gasteiger partial charge in [0.1, 0.15) is 11.5 Å². The number of hydrogen-bond acceptors (Lipinski definition) is 8. The Bertz CT molecular complexity index is 1510. The third-order valence-electron chi connectivity index (χ3n) is 8.05. The van der Waals surface area contributed by atoms with Gasteiger partial charge in [-0.05, 0) is 34.9 Å². The van der Waals surface area contributed by atoms with Crippen LogP contribution in [0.2, 0.25) is 0 Å². The number of nitrogens with zero attached hydrogens (tertiary/aromatic N) is 3. The number of ether oxygens (including phenoxy) is 2. The van der Waals surface area contributed by atoms with Crippen LogP contribution in [0.5, 0.6) is 11.5 Å². The number of nitriles is 1. The van der Waals surface area contributed by atoms with E-state index in [2.05, 4.69) is 21.4 Å². The Morgan fingerprint density at radius 1 is 1.03 bits per heavy atom. The normalized spacial score (nSPS) is 26.8. The second-order valence-electron chi connectivity index (χ2n) is 10.00. The lowest BCUT2D eigenvalue weighted by atomic mass is 9.70. The van der Waals surface area contributed by atoms with E-state index < -0.39 is 29.1 Å². The molecule has 0 bridgehead atoms. The van der Waals surface area contributed by atoms with E-state index in [0.717, 1.165) is 11.1 Å². The van der Waals surface area contributed by atoms with Gasteiger partial charge in [0.05, 0.1) is 42.8 Å². The minimum absolute atomic E-state index is 0.334. The first-order valence-corrected chi connectivity index (χ1v) is 12.8. The minimum Gasteiger partial charge on any atom is -0.495 e. The Morgan fingerprint density at radius 3 is 2.51 bits per heavy atom. The monoisotopic (exact) mass is 520 g/mol. The molecule has 4 aromatic rings. The lowest BCUT2D eigenvalue weighted by molar-refractivity contribution is -0.152. The lowest BCUT2D eigenvalue weighted by Crippen LogP contribution is -2.52. The van der Waals surface area contributed by atoms with Crippen LogP contribution >= 0.6 is 0 Å². The first kappa shape index (κ1) is 25.0. The topological polar surface area (TPSA) is 121 Å². The standard InChI is InChI=1S/C31H28N4O4/c1-38-25-18-35-19-26-28(25)30(37)29(36)24(17-34-16-21-6-5-13-33-15-21)27(22-7-3-2-4-8-22)31(30,39-26)23-11-9-20(14-32)10-12-23/h2-13,15,18-19,24,27,29,34,36-37H,16-17H2,1H3/t24-,27?,29-,30?,31+/m1/s1. The zero-order valence-corrected chi connectivity index (χ0v) is 21.4. The van der Waals surface area contributed by atoms with Crippen molar-refractivity contribution >= 4 is 0 Å². The summed E-state index contributed by atoms with van der Waals surface area (Å²) in [6.07, 6.45) is 5.35. The Hall–Kier alpha value is -4.29. The van der Waals surface area contributed by atoms with Crippen LogP contribution in [0.3, 0.4) is 0 Å². The van der Waals surface area contributed by atoms with E-state index in [1.807, 2.05) is 42.5 Å². The van der Waals surface area contributed by atoms with Crippen LogP contribution < -0.4 is 14.8 Å². The quantitative estimate of drug-likeness (QED) is 0.339. The average Bonchev–Trinajstić information content (AvgIpc) is 3.36. The van der Waals surface area contributed by atoms with Gasteiger partial charge in [-0.25, -0.2) is 0 Å². The van der Waals surface area contributed by atoms with Crippen molar-refractivity contribution in [2.45, 2.75) is 29.8 Å². The maximum atomic E-state index is 12.8. The van der Waals surface area contributed by atoms with Gasteiger partial charge in [-0.15, -0.1) is 0 Å². The molecule has 5 atom stereocenters. The number of pyridine rings is 2. The van der Waals surface area contributed by atoms with Crippen LogP contribution in [0.25, 0.3) is 0 Å². The number of fused-ring (bicyclic) bond motifs is 3. The third kappa shape index (κ3) is 3.70. The molecular formula is C31H28N4O4. The van der Waals surface area contributed by atoms with Crippen LogP contribution in [-0.2, 0) is 17.7 Å². The van der Waals surface area contributed by atoms with Crippen molar-refractivity contribution in [2.24, 2.45) is 5.92 Å². The number of aliphatic hydroxyl groups is 2. The van der Waals surface area contributed by atoms with Gasteiger partial charge < -0.3 is 25.0 Å². The summed E-state index contributed by atoms with van der Waals surface area (Å²) in [5, 5.41) is 37.9. The molecule has 2 unspecified atom stereocenters. The Balaban J connectivity index is 1.54. The first-order chi connectivity index (χ1) is 19.0. The Labute approximate surface area is 226 Å². The van der Waals surface area contributed by atoms with Crippen molar-refractivity contribution in [3.05, 3.63) is 119 Å². The van der Waals surface area contributed by atoms with Crippen molar-refractivity contribution in [3.63, 3.8) is 0 Å². The number of benzene rings is 2. The molecule has 1 aliphatic heterocycles. The molecule has 0 radical (unpaired) electrons. The van der Waals surface area contributed by atoms with E-state index in [9.17, 15) is 15.5 Å². The van der Waals surface area contributed by atoms with E-state index in [4.69, 9.17) is 9.47 Å². The second kappa shape index (κ2) is 9.79. The van der Waals surface area contributed by atoms with Crippen LogP contribution in [0, 0.1) is 17.2 Å². The summed E-state index contributed by atoms with van der Waals surface area (Å²) >= 11 is 0. The van der Waals surface area contributed by atoms with E-state index >= 15 is 0 Å². The largest absolute Gasteiger partial charge is 0.495 e. The summed E-state index contributed by atoms with van der Waals surface area (Å²) in [5.74, 6) is -0.260. The first-order valence-electron chi connectivity index (χ1n) is 12.8. The highest BCUT2D eigenvalue weighted by molar-refractivity contribution is 5.59. The Kier molecular flexibility index (Phi) is 6.28. The number of aromatic nitrogens is 2. The molecule has 3 heterocycles. The number of rotatable bonds is 7. The molecule has 196 valence electrons. The summed E-state index contributed by atoms with van der Waals surface area (Å²) < 4.78 is 12.4. The SMILES string of the molecule is COc1cncc2c1C1(O)[C@H](O)[C@H](CNCc3cccnc3)C(c3ccccc3)[C@]1(c1ccc(C#N)cc1)O2. The van der Waals surface area contributed by atoms with Crippen molar-refractivity contribution in [3.8, 4) is 17.6 Å². The predicted molar refractivity (Wildman–Crippen MR) is 143 cm³/mol. The van der Waals surface area contributed by atoms with Crippen LogP contribution in [0.15, 0.2) is 91.5 Å². The number of methoxy groups -OCH3 is 1. The van der Waals surface area contributed by atoms with Gasteiger partial charge in [-0.1, -0.05) is 48.5 Å². The smallest absolute Gasteiger partial charge is 0.177 e. The average molecular weight is 521 g/mol. The molecule has 1 saturated carbocycles. The van der Waals surface area contributed by atoms with E-state index in [-0.39, 0.29) is 0 Å². The minimum atomic E-state index is -1.88. The zero-order chi connectivity index (χ0) is 27.0. The molecule has 0 spiro atoms. The summed E-state index contributed by atoms with van der Waals surface area (Å²) in [6.45, 7) is 0.938. The number of nitrogens with one attached hydrogen (secondary N) is 1. The van der Waals surface area contributed by atoms with Gasteiger partial charge in [0, 0.05) is 37.3 Å². The lowest BCUT2D eigenvalue weighted by Gasteiger charge is -2.41. The van der Waals surface area contributed by atoms with Crippen molar-refractivity contribution in [1.82, 2.24) is 15.3 Å². The van der Waals surface area contributed by atoms with Crippen LogP contribution in [-0.4, -0.2) is 39.9 Å². The maximum absolute atomic E-state index is 12.8. The molecule has 1 fully saturated rings. The number of hydrogen-bond donors (Lipinski definition) is 3. The maximum Gasteiger partial charge on any atom is 0.177 e. The predicted octanol–water partition coefficient (Wildman–Crippen LogP) is 3.40. The second-order valence-corrected chi connectivity index (χ2v) is 10.00. The molecule has 3 N–H and O–H groups in total. The van der Waals surface area contributed by atoms with E-state index in [1.165, 1.54) is 13.3 Å². The van der Waals surface area contributed by atoms with Gasteiger partial charge in [0.25, 0.3) is 0 Å². The third-order valence-corrected chi connectivity index (χ3v) is 8.05. The van der Waals surface area contributed by atoms with Gasteiger partial charge in [-0.2, -0.15) is 5.26 Å². The molecule has 6 rings (SSSR count). The van der Waals surface area contributed by atoms with E-state index in [1.54, 1.807) is 42.9 Å². The molecule has 2 aliphatic rings. The molecule has 2 aromatic carbocycles. The Morgan fingerprint density at radius 2 is 1.82 bits per heavy atom. The number of aliphatic hydroxyl groups excluding tert-OH is 1. The molecule has 39 heavy (non-hydrogen) atoms. The van der Waals surface area contributed by atoms with E-state index in [0.29, 0.717) is 41.3 Å². The molecule has 0 amide bonds. The van der Waals surface area contributed by atoms with Crippen molar-refractivity contribution < 1.29 is 19.7 Å². The fourth-order valence-corrected chi connectivity index (χ4v) is 6.44. The molecule has 0 saturated heterocycles. The molecule has 8 heteroatoms. The van der Waals surface area contributed by atoms with Crippen LogP contribution in [0.1, 0.15) is 33.7 Å². The van der Waals surface area contributed by atoms with Crippen molar-refractivity contribution in [2.75, 3.05) is 13.7 Å². The molecule has 8 nitrogen and oxygen atoms in total. The molecule has 1 aliphatic carbocycles. The highest BCUT2D eigenvalue weighted by atomic mass is 16.5. The summed E-state index contributed by atoms with van der Waals surface area (Å²) in [5.41, 5.74) is 0.101. The van der Waals surface area contributed by atoms with Gasteiger partial charge in [-0.3, -0.25) is 9.97 Å². The zero-order valence-electron chi connectivity index (χ0n) is 21.4. The fraction of sp³-hybridized carbons (Fsp3) is 0.258. The van der Waals surface area contributed by atoms with Crippen molar-refractivity contribution in [1.29, 1.82) is 5.26 Å². The van der Waals surface area contributed by atoms with Gasteiger partial charge in [0.2, 0.25) is 0 Å². The highest BCUT2D eigenvalue weighted by Gasteiger charge is 2.76. The fourth-order valence-electron chi connectivity index (χ4n) is 6.44. The molecule has 2 aromatic heterocycles. The summed E-state index contributed by atoms with van der Waals surface area (Å²) in [7, 11) is 1.51. The molecular weight excluding hydrogens is 492 g/mol. The van der Waals surface area contributed by atoms with Gasteiger partial charge in [0.15, 0.2) is 11.2 Å². The highest BCUT2D eigenvalue weighted by Crippen LogP contribution is 2.69. The summed E-state index contributed by atoms with van der Waals surface area (Å²) in [4.78, 5) is 8.45. The summed E-state index contributed by atoms with van der Waals surface area (Å²) in [6, 6.07) is 22.8. The van der Waals surface area contributed by atoms with Gasteiger partial charge >= 0.3 is 0 Å². The van der Waals surface area contributed by atoms with Crippen LogP contribution in [0.4, 0.5) is 0 Å².